The summed E-state index contributed by atoms with van der Waals surface area (Å²) in [6, 6.07) is 17.3. The number of carbonyl (C=O) groups excluding carboxylic acids is 1. The number of para-hydroxylation sites is 1. The molecule has 0 bridgehead atoms. The number of halogens is 1. The van der Waals surface area contributed by atoms with Gasteiger partial charge in [0.15, 0.2) is 4.32 Å². The van der Waals surface area contributed by atoms with Gasteiger partial charge in [0.2, 0.25) is 0 Å². The zero-order valence-electron chi connectivity index (χ0n) is 10.8. The van der Waals surface area contributed by atoms with Crippen molar-refractivity contribution in [1.29, 1.82) is 0 Å². The Morgan fingerprint density at radius 1 is 1.05 bits per heavy atom. The van der Waals surface area contributed by atoms with Crippen LogP contribution in [0, 0.1) is 0 Å². The van der Waals surface area contributed by atoms with Crippen molar-refractivity contribution in [1.82, 2.24) is 0 Å². The molecule has 0 unspecified atom stereocenters. The Bertz CT molecular complexity index is 743. The third-order valence-electron chi connectivity index (χ3n) is 2.98. The molecule has 0 aliphatic carbocycles. The summed E-state index contributed by atoms with van der Waals surface area (Å²) >= 11 is 10.2. The monoisotopic (exact) mass is 375 g/mol. The Morgan fingerprint density at radius 2 is 1.71 bits per heavy atom. The van der Waals surface area contributed by atoms with E-state index in [2.05, 4.69) is 15.9 Å². The van der Waals surface area contributed by atoms with E-state index in [-0.39, 0.29) is 5.91 Å². The summed E-state index contributed by atoms with van der Waals surface area (Å²) in [5, 5.41) is 0. The minimum absolute atomic E-state index is 0.0826. The van der Waals surface area contributed by atoms with Crippen molar-refractivity contribution in [2.75, 3.05) is 4.90 Å². The highest BCUT2D eigenvalue weighted by Gasteiger charge is 2.34. The van der Waals surface area contributed by atoms with Gasteiger partial charge in [0.25, 0.3) is 5.91 Å². The van der Waals surface area contributed by atoms with Crippen molar-refractivity contribution < 1.29 is 4.79 Å². The van der Waals surface area contributed by atoms with Crippen molar-refractivity contribution in [2.45, 2.75) is 0 Å². The van der Waals surface area contributed by atoms with Crippen LogP contribution in [0.3, 0.4) is 0 Å². The van der Waals surface area contributed by atoms with Gasteiger partial charge < -0.3 is 0 Å². The van der Waals surface area contributed by atoms with Gasteiger partial charge in [-0.2, -0.15) is 0 Å². The average molecular weight is 376 g/mol. The molecule has 2 aromatic carbocycles. The van der Waals surface area contributed by atoms with Crippen LogP contribution in [0.4, 0.5) is 5.69 Å². The maximum Gasteiger partial charge on any atom is 0.270 e. The summed E-state index contributed by atoms with van der Waals surface area (Å²) in [5.41, 5.74) is 1.77. The number of thiocarbonyl (C=S) groups is 1. The average Bonchev–Trinajstić information content (AvgIpc) is 2.76. The van der Waals surface area contributed by atoms with Gasteiger partial charge in [0.1, 0.15) is 0 Å². The maximum absolute atomic E-state index is 12.6. The van der Waals surface area contributed by atoms with E-state index in [1.165, 1.54) is 11.8 Å². The molecular weight excluding hydrogens is 366 g/mol. The van der Waals surface area contributed by atoms with Crippen LogP contribution >= 0.6 is 39.9 Å². The third-order valence-corrected chi connectivity index (χ3v) is 4.96. The van der Waals surface area contributed by atoms with Gasteiger partial charge in [-0.25, -0.2) is 0 Å². The highest BCUT2D eigenvalue weighted by Crippen LogP contribution is 2.38. The van der Waals surface area contributed by atoms with Gasteiger partial charge in [-0.15, -0.1) is 0 Å². The number of thioether (sulfide) groups is 1. The van der Waals surface area contributed by atoms with Crippen LogP contribution in [-0.2, 0) is 4.79 Å². The lowest BCUT2D eigenvalue weighted by Gasteiger charge is -2.15. The molecule has 2 nitrogen and oxygen atoms in total. The van der Waals surface area contributed by atoms with E-state index in [9.17, 15) is 4.79 Å². The van der Waals surface area contributed by atoms with E-state index in [1.54, 1.807) is 4.90 Å². The second-order valence-electron chi connectivity index (χ2n) is 4.38. The smallest absolute Gasteiger partial charge is 0.268 e. The molecule has 21 heavy (non-hydrogen) atoms. The molecule has 1 aliphatic rings. The van der Waals surface area contributed by atoms with Crippen molar-refractivity contribution in [3.63, 3.8) is 0 Å². The number of hydrogen-bond donors (Lipinski definition) is 0. The normalized spacial score (nSPS) is 16.8. The van der Waals surface area contributed by atoms with E-state index in [0.717, 1.165) is 15.7 Å². The van der Waals surface area contributed by atoms with Crippen LogP contribution in [0.2, 0.25) is 0 Å². The van der Waals surface area contributed by atoms with Crippen molar-refractivity contribution in [2.24, 2.45) is 0 Å². The van der Waals surface area contributed by atoms with Crippen molar-refractivity contribution in [3.05, 3.63) is 69.5 Å². The minimum atomic E-state index is -0.0826. The van der Waals surface area contributed by atoms with Gasteiger partial charge in [-0.05, 0) is 39.7 Å². The summed E-state index contributed by atoms with van der Waals surface area (Å²) < 4.78 is 1.40. The van der Waals surface area contributed by atoms with E-state index in [1.807, 2.05) is 60.7 Å². The van der Waals surface area contributed by atoms with Gasteiger partial charge in [0.05, 0.1) is 10.6 Å². The second kappa shape index (κ2) is 6.13. The number of carbonyl (C=O) groups is 1. The molecule has 1 heterocycles. The fourth-order valence-corrected chi connectivity index (χ4v) is 3.76. The summed E-state index contributed by atoms with van der Waals surface area (Å²) in [4.78, 5) is 14.8. The predicted molar refractivity (Wildman–Crippen MR) is 96.2 cm³/mol. The van der Waals surface area contributed by atoms with E-state index < -0.39 is 0 Å². The molecule has 1 saturated heterocycles. The molecule has 1 fully saturated rings. The molecule has 0 radical (unpaired) electrons. The van der Waals surface area contributed by atoms with Gasteiger partial charge in [-0.3, -0.25) is 9.69 Å². The number of amides is 1. The molecule has 2 aromatic rings. The van der Waals surface area contributed by atoms with Crippen molar-refractivity contribution >= 4 is 61.9 Å². The van der Waals surface area contributed by atoms with Crippen LogP contribution in [0.5, 0.6) is 0 Å². The first kappa shape index (κ1) is 14.5. The van der Waals surface area contributed by atoms with Crippen molar-refractivity contribution in [3.8, 4) is 0 Å². The molecule has 0 aromatic heterocycles. The lowest BCUT2D eigenvalue weighted by molar-refractivity contribution is -0.113. The summed E-state index contributed by atoms with van der Waals surface area (Å²) in [5.74, 6) is -0.0826. The molecular formula is C16H10BrNOS2. The standard InChI is InChI=1S/C16H10BrNOS2/c17-12-8-4-5-9-13(12)18-15(19)14(21-16(18)20)10-11-6-2-1-3-7-11/h1-10H/b14-10-. The fourth-order valence-electron chi connectivity index (χ4n) is 2.01. The minimum Gasteiger partial charge on any atom is -0.268 e. The third kappa shape index (κ3) is 2.95. The van der Waals surface area contributed by atoms with E-state index in [0.29, 0.717) is 9.23 Å². The first-order valence-electron chi connectivity index (χ1n) is 6.24. The van der Waals surface area contributed by atoms with Gasteiger partial charge in [0, 0.05) is 4.47 Å². The zero-order valence-corrected chi connectivity index (χ0v) is 14.0. The van der Waals surface area contributed by atoms with E-state index in [4.69, 9.17) is 12.2 Å². The summed E-state index contributed by atoms with van der Waals surface area (Å²) in [6.07, 6.45) is 1.87. The highest BCUT2D eigenvalue weighted by atomic mass is 79.9. The Morgan fingerprint density at radius 3 is 2.43 bits per heavy atom. The fraction of sp³-hybridized carbons (Fsp3) is 0. The molecule has 1 amide bonds. The Kier molecular flexibility index (Phi) is 4.24. The lowest BCUT2D eigenvalue weighted by atomic mass is 10.2. The predicted octanol–water partition coefficient (Wildman–Crippen LogP) is 4.85. The number of nitrogens with zero attached hydrogens (tertiary/aromatic N) is 1. The quantitative estimate of drug-likeness (QED) is 0.552. The zero-order chi connectivity index (χ0) is 14.8. The molecule has 0 spiro atoms. The maximum atomic E-state index is 12.6. The number of hydrogen-bond acceptors (Lipinski definition) is 3. The van der Waals surface area contributed by atoms with E-state index >= 15 is 0 Å². The molecule has 0 atom stereocenters. The first-order chi connectivity index (χ1) is 10.2. The Labute approximate surface area is 141 Å². The number of anilines is 1. The number of benzene rings is 2. The molecule has 0 N–H and O–H groups in total. The van der Waals surface area contributed by atoms with Crippen LogP contribution in [0.1, 0.15) is 5.56 Å². The highest BCUT2D eigenvalue weighted by molar-refractivity contribution is 9.10. The SMILES string of the molecule is O=C1/C(=C/c2ccccc2)SC(=S)N1c1ccccc1Br. The largest absolute Gasteiger partial charge is 0.270 e. The number of rotatable bonds is 2. The van der Waals surface area contributed by atoms with Gasteiger partial charge >= 0.3 is 0 Å². The van der Waals surface area contributed by atoms with Crippen LogP contribution < -0.4 is 4.90 Å². The molecule has 0 saturated carbocycles. The molecule has 3 rings (SSSR count). The molecule has 5 heteroatoms. The summed E-state index contributed by atoms with van der Waals surface area (Å²) in [7, 11) is 0. The summed E-state index contributed by atoms with van der Waals surface area (Å²) in [6.45, 7) is 0. The Hall–Kier alpha value is -1.43. The Balaban J connectivity index is 1.97. The first-order valence-corrected chi connectivity index (χ1v) is 8.26. The van der Waals surface area contributed by atoms with Gasteiger partial charge in [-0.1, -0.05) is 66.4 Å². The molecule has 104 valence electrons. The van der Waals surface area contributed by atoms with Crippen LogP contribution in [-0.4, -0.2) is 10.2 Å². The lowest BCUT2D eigenvalue weighted by Crippen LogP contribution is -2.27. The molecule has 1 aliphatic heterocycles. The van der Waals surface area contributed by atoms with Crippen LogP contribution in [0.15, 0.2) is 64.0 Å². The second-order valence-corrected chi connectivity index (χ2v) is 6.91. The van der Waals surface area contributed by atoms with Crippen LogP contribution in [0.25, 0.3) is 6.08 Å². The topological polar surface area (TPSA) is 20.3 Å².